The minimum absolute atomic E-state index is 0. The molecule has 0 amide bonds. The SMILES string of the molecule is CC1CCN(c2ccc(-c3nc(C4(N)CCCC4)no3)cn2)CC1.Cl. The smallest absolute Gasteiger partial charge is 0.259 e. The summed E-state index contributed by atoms with van der Waals surface area (Å²) in [5.41, 5.74) is 6.83. The zero-order chi connectivity index (χ0) is 16.6. The maximum atomic E-state index is 6.40. The molecule has 136 valence electrons. The first-order chi connectivity index (χ1) is 11.6. The average molecular weight is 364 g/mol. The van der Waals surface area contributed by atoms with Crippen LogP contribution in [0.5, 0.6) is 0 Å². The Morgan fingerprint density at radius 3 is 2.56 bits per heavy atom. The Bertz CT molecular complexity index is 688. The van der Waals surface area contributed by atoms with Crippen molar-refractivity contribution >= 4 is 18.2 Å². The van der Waals surface area contributed by atoms with Crippen molar-refractivity contribution in [2.75, 3.05) is 18.0 Å². The Balaban J connectivity index is 0.00000182. The number of anilines is 1. The van der Waals surface area contributed by atoms with E-state index < -0.39 is 5.54 Å². The molecule has 0 radical (unpaired) electrons. The number of hydrogen-bond acceptors (Lipinski definition) is 6. The van der Waals surface area contributed by atoms with E-state index in [4.69, 9.17) is 10.3 Å². The monoisotopic (exact) mass is 363 g/mol. The predicted molar refractivity (Wildman–Crippen MR) is 99.7 cm³/mol. The summed E-state index contributed by atoms with van der Waals surface area (Å²) in [6.45, 7) is 4.47. The summed E-state index contributed by atoms with van der Waals surface area (Å²) in [6.07, 6.45) is 8.40. The molecule has 1 aliphatic carbocycles. The standard InChI is InChI=1S/C18H25N5O.ClH/c1-13-6-10-23(11-7-13)15-5-4-14(12-20-15)16-21-17(22-24-16)18(19)8-2-3-9-18;/h4-5,12-13H,2-3,6-11,19H2,1H3;1H. The number of nitrogens with two attached hydrogens (primary N) is 1. The molecule has 0 aromatic carbocycles. The van der Waals surface area contributed by atoms with Crippen molar-refractivity contribution in [3.05, 3.63) is 24.2 Å². The van der Waals surface area contributed by atoms with Gasteiger partial charge in [0, 0.05) is 19.3 Å². The fourth-order valence-electron chi connectivity index (χ4n) is 3.71. The van der Waals surface area contributed by atoms with Crippen LogP contribution in [0, 0.1) is 5.92 Å². The summed E-state index contributed by atoms with van der Waals surface area (Å²) in [7, 11) is 0. The van der Waals surface area contributed by atoms with E-state index in [2.05, 4.69) is 26.9 Å². The molecule has 4 rings (SSSR count). The van der Waals surface area contributed by atoms with Crippen molar-refractivity contribution in [1.82, 2.24) is 15.1 Å². The zero-order valence-corrected chi connectivity index (χ0v) is 15.5. The Labute approximate surface area is 154 Å². The van der Waals surface area contributed by atoms with Crippen molar-refractivity contribution in [3.8, 4) is 11.5 Å². The minimum atomic E-state index is -0.417. The third-order valence-corrected chi connectivity index (χ3v) is 5.47. The Kier molecular flexibility index (Phi) is 5.29. The molecule has 1 saturated carbocycles. The van der Waals surface area contributed by atoms with Crippen LogP contribution in [0.15, 0.2) is 22.9 Å². The van der Waals surface area contributed by atoms with Crippen LogP contribution in [0.2, 0.25) is 0 Å². The number of aromatic nitrogens is 3. The van der Waals surface area contributed by atoms with Crippen LogP contribution in [0.4, 0.5) is 5.82 Å². The fourth-order valence-corrected chi connectivity index (χ4v) is 3.71. The number of rotatable bonds is 3. The molecule has 0 bridgehead atoms. The van der Waals surface area contributed by atoms with Crippen LogP contribution in [-0.4, -0.2) is 28.2 Å². The molecule has 0 spiro atoms. The summed E-state index contributed by atoms with van der Waals surface area (Å²) in [4.78, 5) is 11.5. The Morgan fingerprint density at radius 2 is 1.92 bits per heavy atom. The van der Waals surface area contributed by atoms with Crippen LogP contribution >= 0.6 is 12.4 Å². The quantitative estimate of drug-likeness (QED) is 0.898. The summed E-state index contributed by atoms with van der Waals surface area (Å²) in [5.74, 6) is 2.98. The van der Waals surface area contributed by atoms with Gasteiger partial charge in [-0.25, -0.2) is 4.98 Å². The summed E-state index contributed by atoms with van der Waals surface area (Å²) in [6, 6.07) is 4.05. The van der Waals surface area contributed by atoms with E-state index in [1.165, 1.54) is 12.8 Å². The number of halogens is 1. The van der Waals surface area contributed by atoms with Crippen LogP contribution in [0.25, 0.3) is 11.5 Å². The van der Waals surface area contributed by atoms with E-state index in [1.807, 2.05) is 18.3 Å². The highest BCUT2D eigenvalue weighted by atomic mass is 35.5. The van der Waals surface area contributed by atoms with Gasteiger partial charge in [0.15, 0.2) is 5.82 Å². The molecule has 2 aliphatic rings. The second-order valence-electron chi connectivity index (χ2n) is 7.36. The van der Waals surface area contributed by atoms with Crippen LogP contribution < -0.4 is 10.6 Å². The van der Waals surface area contributed by atoms with Crippen molar-refractivity contribution in [2.45, 2.75) is 51.0 Å². The largest absolute Gasteiger partial charge is 0.357 e. The van der Waals surface area contributed by atoms with Crippen LogP contribution in [0.1, 0.15) is 51.3 Å². The fraction of sp³-hybridized carbons (Fsp3) is 0.611. The maximum Gasteiger partial charge on any atom is 0.259 e. The van der Waals surface area contributed by atoms with Crippen molar-refractivity contribution in [3.63, 3.8) is 0 Å². The first-order valence-electron chi connectivity index (χ1n) is 8.98. The molecular weight excluding hydrogens is 338 g/mol. The summed E-state index contributed by atoms with van der Waals surface area (Å²) >= 11 is 0. The number of piperidine rings is 1. The first kappa shape index (κ1) is 18.1. The zero-order valence-electron chi connectivity index (χ0n) is 14.6. The molecule has 1 aliphatic heterocycles. The van der Waals surface area contributed by atoms with Gasteiger partial charge in [0.05, 0.1) is 11.1 Å². The van der Waals surface area contributed by atoms with Gasteiger partial charge >= 0.3 is 0 Å². The molecule has 2 N–H and O–H groups in total. The lowest BCUT2D eigenvalue weighted by Crippen LogP contribution is -2.34. The van der Waals surface area contributed by atoms with E-state index in [0.717, 1.165) is 56.1 Å². The molecule has 3 heterocycles. The van der Waals surface area contributed by atoms with Gasteiger partial charge in [-0.1, -0.05) is 24.9 Å². The van der Waals surface area contributed by atoms with E-state index in [9.17, 15) is 0 Å². The molecule has 0 unspecified atom stereocenters. The summed E-state index contributed by atoms with van der Waals surface area (Å²) < 4.78 is 5.43. The van der Waals surface area contributed by atoms with E-state index >= 15 is 0 Å². The van der Waals surface area contributed by atoms with Crippen LogP contribution in [-0.2, 0) is 5.54 Å². The molecule has 2 fully saturated rings. The molecule has 1 saturated heterocycles. The molecule has 2 aromatic rings. The molecule has 25 heavy (non-hydrogen) atoms. The normalized spacial score (nSPS) is 20.5. The molecule has 0 atom stereocenters. The van der Waals surface area contributed by atoms with Gasteiger partial charge in [0.25, 0.3) is 5.89 Å². The van der Waals surface area contributed by atoms with Gasteiger partial charge in [-0.15, -0.1) is 12.4 Å². The lowest BCUT2D eigenvalue weighted by molar-refractivity contribution is 0.372. The highest BCUT2D eigenvalue weighted by molar-refractivity contribution is 5.85. The van der Waals surface area contributed by atoms with Gasteiger partial charge in [-0.2, -0.15) is 4.98 Å². The second kappa shape index (κ2) is 7.30. The van der Waals surface area contributed by atoms with Gasteiger partial charge in [0.1, 0.15) is 5.82 Å². The van der Waals surface area contributed by atoms with Gasteiger partial charge in [-0.3, -0.25) is 0 Å². The highest BCUT2D eigenvalue weighted by Gasteiger charge is 2.36. The van der Waals surface area contributed by atoms with Gasteiger partial charge in [-0.05, 0) is 43.7 Å². The molecule has 2 aromatic heterocycles. The predicted octanol–water partition coefficient (Wildman–Crippen LogP) is 3.52. The van der Waals surface area contributed by atoms with Gasteiger partial charge < -0.3 is 15.2 Å². The third-order valence-electron chi connectivity index (χ3n) is 5.47. The van der Waals surface area contributed by atoms with Crippen molar-refractivity contribution < 1.29 is 4.52 Å². The molecule has 7 heteroatoms. The van der Waals surface area contributed by atoms with Crippen molar-refractivity contribution in [2.24, 2.45) is 11.7 Å². The minimum Gasteiger partial charge on any atom is -0.357 e. The lowest BCUT2D eigenvalue weighted by Gasteiger charge is -2.31. The summed E-state index contributed by atoms with van der Waals surface area (Å²) in [5, 5.41) is 4.12. The van der Waals surface area contributed by atoms with Crippen molar-refractivity contribution in [1.29, 1.82) is 0 Å². The lowest BCUT2D eigenvalue weighted by atomic mass is 9.99. The van der Waals surface area contributed by atoms with E-state index in [-0.39, 0.29) is 12.4 Å². The highest BCUT2D eigenvalue weighted by Crippen LogP contribution is 2.35. The third kappa shape index (κ3) is 3.65. The van der Waals surface area contributed by atoms with E-state index in [1.54, 1.807) is 0 Å². The Morgan fingerprint density at radius 1 is 1.20 bits per heavy atom. The molecule has 6 nitrogen and oxygen atoms in total. The Hall–Kier alpha value is -1.66. The second-order valence-corrected chi connectivity index (χ2v) is 7.36. The number of nitrogens with zero attached hydrogens (tertiary/aromatic N) is 4. The van der Waals surface area contributed by atoms with E-state index in [0.29, 0.717) is 11.7 Å². The maximum absolute atomic E-state index is 6.40. The first-order valence-corrected chi connectivity index (χ1v) is 8.98. The number of hydrogen-bond donors (Lipinski definition) is 1. The van der Waals surface area contributed by atoms with Gasteiger partial charge in [0.2, 0.25) is 0 Å². The average Bonchev–Trinajstić information content (AvgIpc) is 3.26. The molecular formula is C18H26ClN5O. The topological polar surface area (TPSA) is 81.1 Å². The van der Waals surface area contributed by atoms with Crippen LogP contribution in [0.3, 0.4) is 0 Å². The number of pyridine rings is 1.